The van der Waals surface area contributed by atoms with Crippen molar-refractivity contribution in [2.24, 2.45) is 0 Å². The highest BCUT2D eigenvalue weighted by atomic mass is 79.9. The third kappa shape index (κ3) is 4.02. The van der Waals surface area contributed by atoms with E-state index in [1.165, 1.54) is 18.1 Å². The Labute approximate surface area is 160 Å². The molecule has 7 nitrogen and oxygen atoms in total. The third-order valence-corrected chi connectivity index (χ3v) is 5.29. The zero-order chi connectivity index (χ0) is 19.8. The van der Waals surface area contributed by atoms with Gasteiger partial charge in [-0.1, -0.05) is 0 Å². The van der Waals surface area contributed by atoms with Crippen molar-refractivity contribution >= 4 is 27.7 Å². The summed E-state index contributed by atoms with van der Waals surface area (Å²) in [5, 5.41) is 3.51. The summed E-state index contributed by atoms with van der Waals surface area (Å²) in [5.41, 5.74) is -0.830. The molecule has 0 aliphatic carbocycles. The standard InChI is InChI=1S/C16H16BrF3N4O3/c1-10-13(17)14(16(18,19)20)21-24(10)9-12(25)22-4-6-23(7-5-22)15(26)11-3-2-8-27-11/h2-3,8H,4-7,9H2,1H3. The van der Waals surface area contributed by atoms with E-state index >= 15 is 0 Å². The molecule has 1 saturated heterocycles. The number of rotatable bonds is 3. The molecular formula is C16H16BrF3N4O3. The summed E-state index contributed by atoms with van der Waals surface area (Å²) in [7, 11) is 0. The first-order chi connectivity index (χ1) is 12.7. The van der Waals surface area contributed by atoms with Gasteiger partial charge >= 0.3 is 6.18 Å². The molecule has 0 saturated carbocycles. The lowest BCUT2D eigenvalue weighted by Crippen LogP contribution is -2.51. The molecule has 1 aliphatic heterocycles. The zero-order valence-electron chi connectivity index (χ0n) is 14.3. The summed E-state index contributed by atoms with van der Waals surface area (Å²) in [6.07, 6.45) is -3.19. The highest BCUT2D eigenvalue weighted by molar-refractivity contribution is 9.10. The topological polar surface area (TPSA) is 71.6 Å². The minimum atomic E-state index is -4.60. The highest BCUT2D eigenvalue weighted by Gasteiger charge is 2.38. The fraction of sp³-hybridized carbons (Fsp3) is 0.438. The van der Waals surface area contributed by atoms with Crippen molar-refractivity contribution in [2.45, 2.75) is 19.6 Å². The Bertz CT molecular complexity index is 840. The van der Waals surface area contributed by atoms with Crippen molar-refractivity contribution in [1.82, 2.24) is 19.6 Å². The van der Waals surface area contributed by atoms with Crippen LogP contribution >= 0.6 is 15.9 Å². The lowest BCUT2D eigenvalue weighted by molar-refractivity contribution is -0.142. The maximum absolute atomic E-state index is 12.9. The monoisotopic (exact) mass is 448 g/mol. The van der Waals surface area contributed by atoms with Crippen LogP contribution in [0.15, 0.2) is 27.3 Å². The second-order valence-corrected chi connectivity index (χ2v) is 6.85. The summed E-state index contributed by atoms with van der Waals surface area (Å²) in [5.74, 6) is -0.382. The molecule has 0 N–H and O–H groups in total. The van der Waals surface area contributed by atoms with E-state index in [2.05, 4.69) is 21.0 Å². The highest BCUT2D eigenvalue weighted by Crippen LogP contribution is 2.35. The maximum atomic E-state index is 12.9. The Morgan fingerprint density at radius 2 is 1.85 bits per heavy atom. The van der Waals surface area contributed by atoms with Crippen molar-refractivity contribution in [3.05, 3.63) is 40.0 Å². The fourth-order valence-corrected chi connectivity index (χ4v) is 3.31. The smallest absolute Gasteiger partial charge is 0.436 e. The molecule has 0 radical (unpaired) electrons. The molecule has 1 fully saturated rings. The largest absolute Gasteiger partial charge is 0.459 e. The van der Waals surface area contributed by atoms with E-state index in [0.29, 0.717) is 26.2 Å². The number of carbonyl (C=O) groups is 2. The summed E-state index contributed by atoms with van der Waals surface area (Å²) in [6.45, 7) is 2.38. The van der Waals surface area contributed by atoms with E-state index in [4.69, 9.17) is 4.42 Å². The van der Waals surface area contributed by atoms with Crippen molar-refractivity contribution in [2.75, 3.05) is 26.2 Å². The number of alkyl halides is 3. The first kappa shape index (κ1) is 19.5. The molecular weight excluding hydrogens is 433 g/mol. The lowest BCUT2D eigenvalue weighted by Gasteiger charge is -2.34. The molecule has 3 heterocycles. The molecule has 0 unspecified atom stereocenters. The van der Waals surface area contributed by atoms with E-state index in [9.17, 15) is 22.8 Å². The Hall–Kier alpha value is -2.30. The second-order valence-electron chi connectivity index (χ2n) is 6.05. The van der Waals surface area contributed by atoms with Crippen LogP contribution in [0, 0.1) is 6.92 Å². The molecule has 146 valence electrons. The zero-order valence-corrected chi connectivity index (χ0v) is 15.9. The average Bonchev–Trinajstić information content (AvgIpc) is 3.25. The van der Waals surface area contributed by atoms with Crippen molar-refractivity contribution in [3.63, 3.8) is 0 Å². The molecule has 3 rings (SSSR count). The Balaban J connectivity index is 1.61. The Morgan fingerprint density at radius 1 is 1.22 bits per heavy atom. The molecule has 2 aromatic rings. The number of furan rings is 1. The number of aromatic nitrogens is 2. The predicted molar refractivity (Wildman–Crippen MR) is 90.9 cm³/mol. The number of piperazine rings is 1. The van der Waals surface area contributed by atoms with Gasteiger partial charge in [0.2, 0.25) is 5.91 Å². The number of amides is 2. The van der Waals surface area contributed by atoms with Crippen LogP contribution in [-0.4, -0.2) is 57.6 Å². The molecule has 1 aliphatic rings. The fourth-order valence-electron chi connectivity index (χ4n) is 2.80. The lowest BCUT2D eigenvalue weighted by atomic mass is 10.2. The number of hydrogen-bond donors (Lipinski definition) is 0. The van der Waals surface area contributed by atoms with Gasteiger partial charge in [-0.2, -0.15) is 18.3 Å². The van der Waals surface area contributed by atoms with Crippen LogP contribution in [0.25, 0.3) is 0 Å². The molecule has 0 atom stereocenters. The van der Waals surface area contributed by atoms with E-state index in [0.717, 1.165) is 4.68 Å². The first-order valence-corrected chi connectivity index (χ1v) is 8.88. The Kier molecular flexibility index (Phi) is 5.31. The number of halogens is 4. The van der Waals surface area contributed by atoms with Crippen LogP contribution in [0.1, 0.15) is 21.9 Å². The van der Waals surface area contributed by atoms with Gasteiger partial charge in [-0.3, -0.25) is 14.3 Å². The number of nitrogens with zero attached hydrogens (tertiary/aromatic N) is 4. The number of hydrogen-bond acceptors (Lipinski definition) is 4. The SMILES string of the molecule is Cc1c(Br)c(C(F)(F)F)nn1CC(=O)N1CCN(C(=O)c2ccco2)CC1. The predicted octanol–water partition coefficient (Wildman–Crippen LogP) is 2.55. The van der Waals surface area contributed by atoms with Crippen molar-refractivity contribution in [3.8, 4) is 0 Å². The summed E-state index contributed by atoms with van der Waals surface area (Å²) in [6, 6.07) is 3.18. The van der Waals surface area contributed by atoms with Crippen LogP contribution < -0.4 is 0 Å². The van der Waals surface area contributed by atoms with Gasteiger partial charge < -0.3 is 14.2 Å². The second kappa shape index (κ2) is 7.37. The average molecular weight is 449 g/mol. The molecule has 0 aromatic carbocycles. The quantitative estimate of drug-likeness (QED) is 0.723. The summed E-state index contributed by atoms with van der Waals surface area (Å²) < 4.78 is 44.7. The molecule has 0 spiro atoms. The van der Waals surface area contributed by atoms with Crippen LogP contribution in [0.3, 0.4) is 0 Å². The molecule has 0 bridgehead atoms. The van der Waals surface area contributed by atoms with E-state index < -0.39 is 11.9 Å². The van der Waals surface area contributed by atoms with E-state index in [1.54, 1.807) is 17.0 Å². The molecule has 2 amide bonds. The van der Waals surface area contributed by atoms with E-state index in [-0.39, 0.29) is 34.3 Å². The molecule has 11 heteroatoms. The van der Waals surface area contributed by atoms with Crippen LogP contribution in [-0.2, 0) is 17.5 Å². The minimum Gasteiger partial charge on any atom is -0.459 e. The van der Waals surface area contributed by atoms with Gasteiger partial charge in [-0.15, -0.1) is 0 Å². The van der Waals surface area contributed by atoms with E-state index in [1.807, 2.05) is 0 Å². The van der Waals surface area contributed by atoms with Gasteiger partial charge in [-0.25, -0.2) is 0 Å². The van der Waals surface area contributed by atoms with Gasteiger partial charge in [0.25, 0.3) is 5.91 Å². The van der Waals surface area contributed by atoms with Crippen LogP contribution in [0.5, 0.6) is 0 Å². The van der Waals surface area contributed by atoms with Gasteiger partial charge in [0.1, 0.15) is 6.54 Å². The van der Waals surface area contributed by atoms with Crippen molar-refractivity contribution in [1.29, 1.82) is 0 Å². The van der Waals surface area contributed by atoms with Crippen molar-refractivity contribution < 1.29 is 27.2 Å². The molecule has 27 heavy (non-hydrogen) atoms. The normalized spacial score (nSPS) is 15.3. The summed E-state index contributed by atoms with van der Waals surface area (Å²) >= 11 is 2.88. The Morgan fingerprint density at radius 3 is 2.37 bits per heavy atom. The van der Waals surface area contributed by atoms with Gasteiger partial charge in [0.15, 0.2) is 11.5 Å². The van der Waals surface area contributed by atoms with Gasteiger partial charge in [-0.05, 0) is 35.0 Å². The van der Waals surface area contributed by atoms with Crippen LogP contribution in [0.4, 0.5) is 13.2 Å². The van der Waals surface area contributed by atoms with Gasteiger partial charge in [0, 0.05) is 26.2 Å². The maximum Gasteiger partial charge on any atom is 0.436 e. The third-order valence-electron chi connectivity index (χ3n) is 4.34. The summed E-state index contributed by atoms with van der Waals surface area (Å²) in [4.78, 5) is 27.7. The molecule has 2 aromatic heterocycles. The first-order valence-electron chi connectivity index (χ1n) is 8.09. The van der Waals surface area contributed by atoms with Crippen LogP contribution in [0.2, 0.25) is 0 Å². The minimum absolute atomic E-state index is 0.170. The number of carbonyl (C=O) groups excluding carboxylic acids is 2. The van der Waals surface area contributed by atoms with Gasteiger partial charge in [0.05, 0.1) is 16.4 Å².